The van der Waals surface area contributed by atoms with Crippen LogP contribution in [0, 0.1) is 0 Å². The molecule has 0 unspecified atom stereocenters. The number of fused-ring (bicyclic) bond motifs is 8. The van der Waals surface area contributed by atoms with Crippen molar-refractivity contribution < 1.29 is 0 Å². The minimum atomic E-state index is 0.745. The number of benzene rings is 7. The summed E-state index contributed by atoms with van der Waals surface area (Å²) in [5.41, 5.74) is 4.03. The highest BCUT2D eigenvalue weighted by Gasteiger charge is 2.13. The Morgan fingerprint density at radius 2 is 0.921 bits per heavy atom. The molecule has 0 aliphatic rings. The van der Waals surface area contributed by atoms with E-state index in [2.05, 4.69) is 115 Å². The SMILES string of the molecule is c1ccc(-c2nc(-c3ccc4c(ccc5c4ccc4c6ccccc6ccc45)c3)nc3ccccc23)cc1. The number of hydrogen-bond donors (Lipinski definition) is 0. The molecule has 1 heterocycles. The zero-order valence-corrected chi connectivity index (χ0v) is 20.6. The van der Waals surface area contributed by atoms with E-state index in [9.17, 15) is 0 Å². The van der Waals surface area contributed by atoms with Gasteiger partial charge in [0.1, 0.15) is 0 Å². The maximum atomic E-state index is 5.07. The van der Waals surface area contributed by atoms with Crippen LogP contribution in [0.4, 0.5) is 0 Å². The second-order valence-electron chi connectivity index (χ2n) is 9.82. The Bertz CT molecular complexity index is 2180. The normalized spacial score (nSPS) is 11.7. The van der Waals surface area contributed by atoms with Gasteiger partial charge in [-0.3, -0.25) is 0 Å². The van der Waals surface area contributed by atoms with Crippen molar-refractivity contribution in [1.29, 1.82) is 0 Å². The summed E-state index contributed by atoms with van der Waals surface area (Å²) >= 11 is 0. The molecule has 1 aromatic heterocycles. The number of nitrogens with zero attached hydrogens (tertiary/aromatic N) is 2. The second kappa shape index (κ2) is 8.22. The lowest BCUT2D eigenvalue weighted by Crippen LogP contribution is -1.95. The van der Waals surface area contributed by atoms with Gasteiger partial charge in [-0.15, -0.1) is 0 Å². The quantitative estimate of drug-likeness (QED) is 0.229. The zero-order chi connectivity index (χ0) is 25.1. The second-order valence-corrected chi connectivity index (χ2v) is 9.82. The molecule has 0 aliphatic carbocycles. The lowest BCUT2D eigenvalue weighted by molar-refractivity contribution is 1.23. The summed E-state index contributed by atoms with van der Waals surface area (Å²) in [4.78, 5) is 10.0. The molecule has 0 bridgehead atoms. The Morgan fingerprint density at radius 3 is 1.74 bits per heavy atom. The first-order valence-corrected chi connectivity index (χ1v) is 12.9. The minimum Gasteiger partial charge on any atom is -0.228 e. The molecule has 2 nitrogen and oxygen atoms in total. The van der Waals surface area contributed by atoms with Crippen LogP contribution in [0.3, 0.4) is 0 Å². The Labute approximate surface area is 219 Å². The molecule has 8 rings (SSSR count). The van der Waals surface area contributed by atoms with Crippen LogP contribution >= 0.6 is 0 Å². The number of para-hydroxylation sites is 1. The molecule has 0 N–H and O–H groups in total. The van der Waals surface area contributed by atoms with Crippen molar-refractivity contribution in [3.63, 3.8) is 0 Å². The van der Waals surface area contributed by atoms with Gasteiger partial charge in [-0.25, -0.2) is 9.97 Å². The third kappa shape index (κ3) is 3.21. The van der Waals surface area contributed by atoms with Crippen LogP contribution < -0.4 is 0 Å². The molecular weight excluding hydrogens is 460 g/mol. The Morgan fingerprint density at radius 1 is 0.342 bits per heavy atom. The summed E-state index contributed by atoms with van der Waals surface area (Å²) in [5, 5.41) is 11.2. The minimum absolute atomic E-state index is 0.745. The summed E-state index contributed by atoms with van der Waals surface area (Å²) in [5.74, 6) is 0.745. The van der Waals surface area contributed by atoms with Crippen molar-refractivity contribution in [2.75, 3.05) is 0 Å². The van der Waals surface area contributed by atoms with Crippen LogP contribution in [0.1, 0.15) is 0 Å². The average Bonchev–Trinajstić information content (AvgIpc) is 3.00. The molecular formula is C36H22N2. The number of rotatable bonds is 2. The molecule has 0 amide bonds. The van der Waals surface area contributed by atoms with Gasteiger partial charge in [0.15, 0.2) is 5.82 Å². The van der Waals surface area contributed by atoms with E-state index in [4.69, 9.17) is 9.97 Å². The highest BCUT2D eigenvalue weighted by atomic mass is 14.9. The van der Waals surface area contributed by atoms with E-state index >= 15 is 0 Å². The third-order valence-corrected chi connectivity index (χ3v) is 7.65. The Kier molecular flexibility index (Phi) is 4.55. The maximum Gasteiger partial charge on any atom is 0.160 e. The molecule has 8 aromatic rings. The molecule has 0 saturated carbocycles. The van der Waals surface area contributed by atoms with E-state index in [1.165, 1.54) is 43.1 Å². The molecule has 0 saturated heterocycles. The highest BCUT2D eigenvalue weighted by Crippen LogP contribution is 2.36. The van der Waals surface area contributed by atoms with E-state index in [1.54, 1.807) is 0 Å². The summed E-state index contributed by atoms with van der Waals surface area (Å²) in [6.45, 7) is 0. The summed E-state index contributed by atoms with van der Waals surface area (Å²) < 4.78 is 0. The van der Waals surface area contributed by atoms with E-state index < -0.39 is 0 Å². The zero-order valence-electron chi connectivity index (χ0n) is 20.6. The van der Waals surface area contributed by atoms with E-state index in [1.807, 2.05) is 18.2 Å². The highest BCUT2D eigenvalue weighted by molar-refractivity contribution is 6.22. The fourth-order valence-electron chi connectivity index (χ4n) is 5.81. The monoisotopic (exact) mass is 482 g/mol. The van der Waals surface area contributed by atoms with Crippen LogP contribution in [0.15, 0.2) is 133 Å². The molecule has 38 heavy (non-hydrogen) atoms. The van der Waals surface area contributed by atoms with Crippen molar-refractivity contribution in [3.05, 3.63) is 133 Å². The van der Waals surface area contributed by atoms with E-state index in [-0.39, 0.29) is 0 Å². The largest absolute Gasteiger partial charge is 0.228 e. The van der Waals surface area contributed by atoms with Gasteiger partial charge in [0.25, 0.3) is 0 Å². The summed E-state index contributed by atoms with van der Waals surface area (Å²) in [7, 11) is 0. The van der Waals surface area contributed by atoms with Gasteiger partial charge in [0.2, 0.25) is 0 Å². The number of hydrogen-bond acceptors (Lipinski definition) is 2. The average molecular weight is 483 g/mol. The van der Waals surface area contributed by atoms with Crippen LogP contribution in [0.5, 0.6) is 0 Å². The fraction of sp³-hybridized carbons (Fsp3) is 0. The van der Waals surface area contributed by atoms with Crippen LogP contribution in [-0.4, -0.2) is 9.97 Å². The fourth-order valence-corrected chi connectivity index (χ4v) is 5.81. The lowest BCUT2D eigenvalue weighted by atomic mass is 9.94. The number of aromatic nitrogens is 2. The maximum absolute atomic E-state index is 5.07. The first-order chi connectivity index (χ1) is 18.8. The predicted octanol–water partition coefficient (Wildman–Crippen LogP) is 9.58. The molecule has 0 radical (unpaired) electrons. The van der Waals surface area contributed by atoms with Crippen molar-refractivity contribution >= 4 is 54.0 Å². The van der Waals surface area contributed by atoms with Gasteiger partial charge < -0.3 is 0 Å². The van der Waals surface area contributed by atoms with Gasteiger partial charge >= 0.3 is 0 Å². The Hall–Kier alpha value is -5.08. The molecule has 0 atom stereocenters. The molecule has 0 aliphatic heterocycles. The molecule has 176 valence electrons. The Balaban J connectivity index is 1.33. The van der Waals surface area contributed by atoms with Gasteiger partial charge in [-0.1, -0.05) is 121 Å². The van der Waals surface area contributed by atoms with Gasteiger partial charge in [0, 0.05) is 16.5 Å². The van der Waals surface area contributed by atoms with Crippen LogP contribution in [0.25, 0.3) is 76.6 Å². The first kappa shape index (κ1) is 21.0. The summed E-state index contributed by atoms with van der Waals surface area (Å²) in [6, 6.07) is 47.3. The first-order valence-electron chi connectivity index (χ1n) is 12.9. The molecule has 2 heteroatoms. The topological polar surface area (TPSA) is 25.8 Å². The van der Waals surface area contributed by atoms with Gasteiger partial charge in [-0.2, -0.15) is 0 Å². The molecule has 7 aromatic carbocycles. The van der Waals surface area contributed by atoms with Crippen molar-refractivity contribution in [2.45, 2.75) is 0 Å². The van der Waals surface area contributed by atoms with Crippen molar-refractivity contribution in [1.82, 2.24) is 9.97 Å². The third-order valence-electron chi connectivity index (χ3n) is 7.65. The van der Waals surface area contributed by atoms with Crippen molar-refractivity contribution in [2.24, 2.45) is 0 Å². The predicted molar refractivity (Wildman–Crippen MR) is 160 cm³/mol. The smallest absolute Gasteiger partial charge is 0.160 e. The van der Waals surface area contributed by atoms with Crippen LogP contribution in [0.2, 0.25) is 0 Å². The lowest BCUT2D eigenvalue weighted by Gasteiger charge is -2.12. The van der Waals surface area contributed by atoms with Gasteiger partial charge in [0.05, 0.1) is 11.2 Å². The molecule has 0 spiro atoms. The summed E-state index contributed by atoms with van der Waals surface area (Å²) in [6.07, 6.45) is 0. The van der Waals surface area contributed by atoms with Crippen molar-refractivity contribution in [3.8, 4) is 22.6 Å². The van der Waals surface area contributed by atoms with Gasteiger partial charge in [-0.05, 0) is 55.2 Å². The standard InChI is InChI=1S/C36H22N2/c1-2-9-24(10-3-1)35-33-12-6-7-13-34(33)37-36(38-35)26-16-17-28-25(22-26)15-19-32-30(28)21-20-29-27-11-5-4-8-23(27)14-18-31(29)32/h1-22H. The van der Waals surface area contributed by atoms with E-state index in [0.717, 1.165) is 33.5 Å². The van der Waals surface area contributed by atoms with E-state index in [0.29, 0.717) is 0 Å². The molecule has 0 fully saturated rings. The van der Waals surface area contributed by atoms with Crippen LogP contribution in [-0.2, 0) is 0 Å².